The molecule has 1 aromatic carbocycles. The van der Waals surface area contributed by atoms with Crippen molar-refractivity contribution in [3.05, 3.63) is 51.5 Å². The molecule has 2 N–H and O–H groups in total. The molecule has 0 bridgehead atoms. The highest BCUT2D eigenvalue weighted by molar-refractivity contribution is 6.29. The number of hydrogen-bond acceptors (Lipinski definition) is 4. The first-order valence-corrected chi connectivity index (χ1v) is 5.93. The Hall–Kier alpha value is -1.85. The maximum atomic E-state index is 9.95. The van der Waals surface area contributed by atoms with E-state index in [2.05, 4.69) is 15.0 Å². The fraction of sp³-hybridized carbons (Fsp3) is 0.250. The van der Waals surface area contributed by atoms with Crippen molar-refractivity contribution in [1.29, 1.82) is 0 Å². The minimum absolute atomic E-state index is 0.186. The molecule has 0 aliphatic carbocycles. The number of aliphatic hydroxyl groups is 2. The average Bonchev–Trinajstić information content (AvgIpc) is 2.43. The molecule has 2 aromatic rings. The molecule has 98 valence electrons. The number of nitrogens with zero attached hydrogens (tertiary/aromatic N) is 4. The number of fused-ring (bicyclic) bond motifs is 1. The third-order valence-corrected chi connectivity index (χ3v) is 2.93. The SMILES string of the molecule is [N-]=[N+]=NCC(O)C(O)c1ccc2nc(Cl)ccc2c1. The standard InChI is InChI=1S/C12H11ClN4O2/c13-11-4-2-7-5-8(1-3-9(7)16-11)12(19)10(18)6-15-17-14/h1-5,10,12,18-19H,6H2. The fourth-order valence-electron chi connectivity index (χ4n) is 1.75. The third kappa shape index (κ3) is 3.13. The van der Waals surface area contributed by atoms with Gasteiger partial charge in [-0.25, -0.2) is 4.98 Å². The van der Waals surface area contributed by atoms with Crippen LogP contribution in [0.2, 0.25) is 5.15 Å². The molecule has 2 unspecified atom stereocenters. The van der Waals surface area contributed by atoms with E-state index in [4.69, 9.17) is 17.1 Å². The summed E-state index contributed by atoms with van der Waals surface area (Å²) in [7, 11) is 0. The van der Waals surface area contributed by atoms with Crippen LogP contribution in [0.5, 0.6) is 0 Å². The van der Waals surface area contributed by atoms with Crippen LogP contribution in [0.1, 0.15) is 11.7 Å². The summed E-state index contributed by atoms with van der Waals surface area (Å²) in [5, 5.41) is 24.0. The zero-order chi connectivity index (χ0) is 13.8. The molecule has 0 aliphatic heterocycles. The van der Waals surface area contributed by atoms with Gasteiger partial charge in [-0.1, -0.05) is 22.8 Å². The first-order valence-electron chi connectivity index (χ1n) is 5.55. The molecule has 1 heterocycles. The zero-order valence-corrected chi connectivity index (χ0v) is 10.6. The number of aliphatic hydroxyl groups excluding tert-OH is 2. The molecule has 0 saturated carbocycles. The van der Waals surface area contributed by atoms with Crippen LogP contribution in [-0.2, 0) is 0 Å². The molecule has 19 heavy (non-hydrogen) atoms. The van der Waals surface area contributed by atoms with Gasteiger partial charge in [0, 0.05) is 10.3 Å². The van der Waals surface area contributed by atoms with Crippen LogP contribution in [0.15, 0.2) is 35.4 Å². The minimum atomic E-state index is -1.14. The number of pyridine rings is 1. The Morgan fingerprint density at radius 2 is 2.11 bits per heavy atom. The Balaban J connectivity index is 2.29. The molecule has 0 fully saturated rings. The van der Waals surface area contributed by atoms with E-state index in [-0.39, 0.29) is 6.54 Å². The second-order valence-corrected chi connectivity index (χ2v) is 4.40. The van der Waals surface area contributed by atoms with Crippen molar-refractivity contribution >= 4 is 22.5 Å². The van der Waals surface area contributed by atoms with E-state index in [1.807, 2.05) is 0 Å². The molecule has 2 rings (SSSR count). The number of halogens is 1. The number of hydrogen-bond donors (Lipinski definition) is 2. The Kier molecular flexibility index (Phi) is 4.19. The lowest BCUT2D eigenvalue weighted by molar-refractivity contribution is 0.0245. The Morgan fingerprint density at radius 1 is 1.32 bits per heavy atom. The lowest BCUT2D eigenvalue weighted by Crippen LogP contribution is -2.21. The van der Waals surface area contributed by atoms with Gasteiger partial charge in [0.1, 0.15) is 11.3 Å². The molecule has 1 aromatic heterocycles. The number of benzene rings is 1. The Morgan fingerprint density at radius 3 is 2.84 bits per heavy atom. The summed E-state index contributed by atoms with van der Waals surface area (Å²) in [5.41, 5.74) is 9.41. The van der Waals surface area contributed by atoms with E-state index in [1.54, 1.807) is 30.3 Å². The van der Waals surface area contributed by atoms with Crippen molar-refractivity contribution in [2.45, 2.75) is 12.2 Å². The van der Waals surface area contributed by atoms with Crippen LogP contribution in [0.4, 0.5) is 0 Å². The molecule has 6 nitrogen and oxygen atoms in total. The zero-order valence-electron chi connectivity index (χ0n) is 9.81. The van der Waals surface area contributed by atoms with Gasteiger partial charge in [0.25, 0.3) is 0 Å². The summed E-state index contributed by atoms with van der Waals surface area (Å²) in [6.45, 7) is -0.186. The number of aromatic nitrogens is 1. The van der Waals surface area contributed by atoms with Gasteiger partial charge in [0.15, 0.2) is 0 Å². The second kappa shape index (κ2) is 5.86. The molecule has 2 atom stereocenters. The topological polar surface area (TPSA) is 102 Å². The predicted molar refractivity (Wildman–Crippen MR) is 71.7 cm³/mol. The third-order valence-electron chi connectivity index (χ3n) is 2.72. The van der Waals surface area contributed by atoms with Crippen molar-refractivity contribution in [3.63, 3.8) is 0 Å². The summed E-state index contributed by atoms with van der Waals surface area (Å²) >= 11 is 5.78. The first-order chi connectivity index (χ1) is 9.11. The van der Waals surface area contributed by atoms with Crippen LogP contribution < -0.4 is 0 Å². The Labute approximate surface area is 113 Å². The lowest BCUT2D eigenvalue weighted by atomic mass is 10.0. The van der Waals surface area contributed by atoms with Gasteiger partial charge < -0.3 is 10.2 Å². The minimum Gasteiger partial charge on any atom is -0.390 e. The van der Waals surface area contributed by atoms with Gasteiger partial charge in [-0.05, 0) is 35.4 Å². The average molecular weight is 279 g/mol. The molecule has 0 aliphatic rings. The summed E-state index contributed by atoms with van der Waals surface area (Å²) in [4.78, 5) is 6.67. The van der Waals surface area contributed by atoms with E-state index in [1.165, 1.54) is 0 Å². The summed E-state index contributed by atoms with van der Waals surface area (Å²) in [5.74, 6) is 0. The predicted octanol–water partition coefficient (Wildman–Crippen LogP) is 2.59. The number of azide groups is 1. The van der Waals surface area contributed by atoms with Gasteiger partial charge in [0.05, 0.1) is 18.2 Å². The van der Waals surface area contributed by atoms with Gasteiger partial charge in [-0.2, -0.15) is 0 Å². The summed E-state index contributed by atoms with van der Waals surface area (Å²) in [6.07, 6.45) is -2.26. The lowest BCUT2D eigenvalue weighted by Gasteiger charge is -2.16. The molecule has 0 spiro atoms. The van der Waals surface area contributed by atoms with Crippen LogP contribution >= 0.6 is 11.6 Å². The van der Waals surface area contributed by atoms with Crippen molar-refractivity contribution < 1.29 is 10.2 Å². The highest BCUT2D eigenvalue weighted by Gasteiger charge is 2.17. The monoisotopic (exact) mass is 278 g/mol. The highest BCUT2D eigenvalue weighted by atomic mass is 35.5. The smallest absolute Gasteiger partial charge is 0.129 e. The molecular formula is C12H11ClN4O2. The molecule has 0 radical (unpaired) electrons. The highest BCUT2D eigenvalue weighted by Crippen LogP contribution is 2.23. The molecule has 7 heteroatoms. The molecule has 0 amide bonds. The summed E-state index contributed by atoms with van der Waals surface area (Å²) < 4.78 is 0. The largest absolute Gasteiger partial charge is 0.390 e. The quantitative estimate of drug-likeness (QED) is 0.389. The second-order valence-electron chi connectivity index (χ2n) is 4.01. The van der Waals surface area contributed by atoms with Crippen molar-refractivity contribution in [2.24, 2.45) is 5.11 Å². The van der Waals surface area contributed by atoms with Crippen molar-refractivity contribution in [1.82, 2.24) is 4.98 Å². The van der Waals surface area contributed by atoms with Gasteiger partial charge in [0.2, 0.25) is 0 Å². The van der Waals surface area contributed by atoms with Gasteiger partial charge in [-0.3, -0.25) is 0 Å². The van der Waals surface area contributed by atoms with Crippen LogP contribution in [-0.4, -0.2) is 27.8 Å². The normalized spacial score (nSPS) is 13.8. The maximum Gasteiger partial charge on any atom is 0.129 e. The van der Waals surface area contributed by atoms with E-state index in [0.29, 0.717) is 16.2 Å². The molecular weight excluding hydrogens is 268 g/mol. The fourth-order valence-corrected chi connectivity index (χ4v) is 1.90. The van der Waals surface area contributed by atoms with Crippen LogP contribution in [0.3, 0.4) is 0 Å². The number of rotatable bonds is 4. The van der Waals surface area contributed by atoms with E-state index in [0.717, 1.165) is 5.39 Å². The van der Waals surface area contributed by atoms with Gasteiger partial charge in [-0.15, -0.1) is 0 Å². The van der Waals surface area contributed by atoms with Crippen molar-refractivity contribution in [3.8, 4) is 0 Å². The van der Waals surface area contributed by atoms with E-state index >= 15 is 0 Å². The van der Waals surface area contributed by atoms with Crippen LogP contribution in [0, 0.1) is 0 Å². The van der Waals surface area contributed by atoms with Crippen LogP contribution in [0.25, 0.3) is 21.3 Å². The van der Waals surface area contributed by atoms with E-state index in [9.17, 15) is 10.2 Å². The first kappa shape index (κ1) is 13.6. The Bertz CT molecular complexity index is 643. The van der Waals surface area contributed by atoms with E-state index < -0.39 is 12.2 Å². The van der Waals surface area contributed by atoms with Crippen molar-refractivity contribution in [2.75, 3.05) is 6.54 Å². The maximum absolute atomic E-state index is 9.95. The van der Waals surface area contributed by atoms with Gasteiger partial charge >= 0.3 is 0 Å². The summed E-state index contributed by atoms with van der Waals surface area (Å²) in [6, 6.07) is 8.50. The molecule has 0 saturated heterocycles.